The summed E-state index contributed by atoms with van der Waals surface area (Å²) in [5.74, 6) is -1.17. The fourth-order valence-electron chi connectivity index (χ4n) is 1.46. The molecule has 0 saturated heterocycles. The number of esters is 1. The highest BCUT2D eigenvalue weighted by Crippen LogP contribution is 2.11. The van der Waals surface area contributed by atoms with Crippen molar-refractivity contribution in [3.8, 4) is 0 Å². The van der Waals surface area contributed by atoms with E-state index in [-0.39, 0.29) is 28.9 Å². The molecule has 0 aliphatic carbocycles. The number of hydrogen-bond acceptors (Lipinski definition) is 6. The van der Waals surface area contributed by atoms with E-state index >= 15 is 0 Å². The molecular weight excluding hydrogens is 304 g/mol. The summed E-state index contributed by atoms with van der Waals surface area (Å²) < 4.78 is 4.93. The van der Waals surface area contributed by atoms with Gasteiger partial charge in [0, 0.05) is 12.6 Å². The van der Waals surface area contributed by atoms with Gasteiger partial charge in [-0.15, -0.1) is 0 Å². The molecule has 0 heterocycles. The molecule has 1 rings (SSSR count). The summed E-state index contributed by atoms with van der Waals surface area (Å²) in [6.45, 7) is 3.13. The van der Waals surface area contributed by atoms with E-state index in [9.17, 15) is 9.59 Å². The molecule has 0 fully saturated rings. The lowest BCUT2D eigenvalue weighted by atomic mass is 10.2. The van der Waals surface area contributed by atoms with E-state index in [1.807, 2.05) is 18.2 Å². The SMILES string of the molecule is CCOC(=O)/C(C(=S)Nc1ccccc1)=C(\N)NNC(C)=O. The summed E-state index contributed by atoms with van der Waals surface area (Å²) in [4.78, 5) is 23.0. The predicted octanol–water partition coefficient (Wildman–Crippen LogP) is 0.800. The minimum absolute atomic E-state index is 0.0607. The maximum atomic E-state index is 12.0. The number of hydrazine groups is 1. The highest BCUT2D eigenvalue weighted by molar-refractivity contribution is 7.81. The van der Waals surface area contributed by atoms with Gasteiger partial charge in [-0.25, -0.2) is 4.79 Å². The van der Waals surface area contributed by atoms with Crippen LogP contribution in [0.15, 0.2) is 41.7 Å². The highest BCUT2D eigenvalue weighted by atomic mass is 32.1. The van der Waals surface area contributed by atoms with Crippen molar-refractivity contribution in [3.05, 3.63) is 41.7 Å². The smallest absolute Gasteiger partial charge is 0.344 e. The van der Waals surface area contributed by atoms with Crippen LogP contribution < -0.4 is 21.9 Å². The third-order valence-corrected chi connectivity index (χ3v) is 2.69. The van der Waals surface area contributed by atoms with E-state index in [4.69, 9.17) is 22.7 Å². The van der Waals surface area contributed by atoms with Gasteiger partial charge in [0.15, 0.2) is 0 Å². The minimum Gasteiger partial charge on any atom is -0.462 e. The summed E-state index contributed by atoms with van der Waals surface area (Å²) in [5.41, 5.74) is 11.1. The molecule has 0 radical (unpaired) electrons. The van der Waals surface area contributed by atoms with Crippen molar-refractivity contribution < 1.29 is 14.3 Å². The lowest BCUT2D eigenvalue weighted by Gasteiger charge is -2.15. The molecule has 0 aliphatic rings. The van der Waals surface area contributed by atoms with Gasteiger partial charge in [-0.05, 0) is 19.1 Å². The first-order valence-corrected chi connectivity index (χ1v) is 6.92. The fourth-order valence-corrected chi connectivity index (χ4v) is 1.77. The number of carbonyl (C=O) groups is 2. The second kappa shape index (κ2) is 8.63. The number of ether oxygens (including phenoxy) is 1. The Labute approximate surface area is 133 Å². The zero-order chi connectivity index (χ0) is 16.5. The zero-order valence-corrected chi connectivity index (χ0v) is 13.1. The molecule has 0 aliphatic heterocycles. The van der Waals surface area contributed by atoms with Crippen molar-refractivity contribution in [1.29, 1.82) is 0 Å². The van der Waals surface area contributed by atoms with E-state index in [0.717, 1.165) is 0 Å². The zero-order valence-electron chi connectivity index (χ0n) is 12.3. The van der Waals surface area contributed by atoms with Crippen LogP contribution in [-0.2, 0) is 14.3 Å². The van der Waals surface area contributed by atoms with Crippen LogP contribution in [0.4, 0.5) is 5.69 Å². The number of nitrogens with one attached hydrogen (secondary N) is 3. The lowest BCUT2D eigenvalue weighted by molar-refractivity contribution is -0.138. The van der Waals surface area contributed by atoms with Crippen LogP contribution in [-0.4, -0.2) is 23.5 Å². The Hall–Kier alpha value is -2.61. The summed E-state index contributed by atoms with van der Waals surface area (Å²) in [6, 6.07) is 9.05. The first-order valence-electron chi connectivity index (χ1n) is 6.51. The Morgan fingerprint density at radius 3 is 2.41 bits per heavy atom. The molecule has 8 heteroatoms. The second-order valence-corrected chi connectivity index (χ2v) is 4.54. The number of rotatable bonds is 6. The number of carbonyl (C=O) groups excluding carboxylic acids is 2. The molecule has 1 amide bonds. The van der Waals surface area contributed by atoms with Gasteiger partial charge in [-0.1, -0.05) is 30.4 Å². The molecule has 0 bridgehead atoms. The molecule has 7 nitrogen and oxygen atoms in total. The standard InChI is InChI=1S/C14H18N4O3S/c1-3-21-14(20)11(12(15)18-17-9(2)19)13(22)16-10-7-5-4-6-8-10/h4-8,18H,3,15H2,1-2H3,(H,16,22)(H,17,19)/b12-11+. The summed E-state index contributed by atoms with van der Waals surface area (Å²) in [5, 5.41) is 2.89. The molecule has 118 valence electrons. The van der Waals surface area contributed by atoms with Crippen molar-refractivity contribution in [1.82, 2.24) is 10.9 Å². The third-order valence-electron chi connectivity index (χ3n) is 2.38. The normalized spacial score (nSPS) is 11.0. The van der Waals surface area contributed by atoms with Gasteiger partial charge in [0.1, 0.15) is 16.4 Å². The van der Waals surface area contributed by atoms with E-state index < -0.39 is 5.97 Å². The van der Waals surface area contributed by atoms with E-state index in [2.05, 4.69) is 16.2 Å². The van der Waals surface area contributed by atoms with Gasteiger partial charge in [-0.2, -0.15) is 0 Å². The predicted molar refractivity (Wildman–Crippen MR) is 87.5 cm³/mol. The maximum Gasteiger partial charge on any atom is 0.344 e. The van der Waals surface area contributed by atoms with Crippen molar-refractivity contribution >= 4 is 34.8 Å². The maximum absolute atomic E-state index is 12.0. The van der Waals surface area contributed by atoms with Gasteiger partial charge in [0.25, 0.3) is 0 Å². The van der Waals surface area contributed by atoms with Crippen LogP contribution in [0, 0.1) is 0 Å². The number of para-hydroxylation sites is 1. The van der Waals surface area contributed by atoms with Crippen molar-refractivity contribution in [2.45, 2.75) is 13.8 Å². The molecule has 1 aromatic rings. The van der Waals surface area contributed by atoms with Crippen LogP contribution in [0.25, 0.3) is 0 Å². The summed E-state index contributed by atoms with van der Waals surface area (Å²) in [6.07, 6.45) is 0. The van der Waals surface area contributed by atoms with Gasteiger partial charge < -0.3 is 15.8 Å². The van der Waals surface area contributed by atoms with Gasteiger partial charge in [0.2, 0.25) is 5.91 Å². The molecule has 0 spiro atoms. The molecule has 0 atom stereocenters. The average molecular weight is 322 g/mol. The Balaban J connectivity index is 2.98. The number of benzene rings is 1. The molecule has 0 unspecified atom stereocenters. The second-order valence-electron chi connectivity index (χ2n) is 4.14. The number of nitrogens with two attached hydrogens (primary N) is 1. The molecule has 0 aromatic heterocycles. The topological polar surface area (TPSA) is 105 Å². The Morgan fingerprint density at radius 1 is 1.23 bits per heavy atom. The quantitative estimate of drug-likeness (QED) is 0.266. The Bertz CT molecular complexity index is 587. The van der Waals surface area contributed by atoms with E-state index in [1.165, 1.54) is 6.92 Å². The number of anilines is 1. The average Bonchev–Trinajstić information content (AvgIpc) is 2.46. The fraction of sp³-hybridized carbons (Fsp3) is 0.214. The molecule has 0 saturated carbocycles. The molecule has 5 N–H and O–H groups in total. The first kappa shape index (κ1) is 17.4. The van der Waals surface area contributed by atoms with Crippen molar-refractivity contribution in [2.24, 2.45) is 5.73 Å². The highest BCUT2D eigenvalue weighted by Gasteiger charge is 2.21. The van der Waals surface area contributed by atoms with E-state index in [0.29, 0.717) is 5.69 Å². The number of hydrogen-bond donors (Lipinski definition) is 4. The Morgan fingerprint density at radius 2 is 1.86 bits per heavy atom. The van der Waals surface area contributed by atoms with Crippen LogP contribution in [0.2, 0.25) is 0 Å². The van der Waals surface area contributed by atoms with Crippen LogP contribution in [0.3, 0.4) is 0 Å². The van der Waals surface area contributed by atoms with Crippen molar-refractivity contribution in [3.63, 3.8) is 0 Å². The third kappa shape index (κ3) is 5.41. The van der Waals surface area contributed by atoms with Crippen LogP contribution >= 0.6 is 12.2 Å². The summed E-state index contributed by atoms with van der Waals surface area (Å²) in [7, 11) is 0. The molecule has 1 aromatic carbocycles. The van der Waals surface area contributed by atoms with Gasteiger partial charge >= 0.3 is 5.97 Å². The number of thiocarbonyl (C=S) groups is 1. The monoisotopic (exact) mass is 322 g/mol. The van der Waals surface area contributed by atoms with Gasteiger partial charge in [-0.3, -0.25) is 15.6 Å². The van der Waals surface area contributed by atoms with Gasteiger partial charge in [0.05, 0.1) is 6.61 Å². The first-order chi connectivity index (χ1) is 10.5. The minimum atomic E-state index is -0.689. The lowest BCUT2D eigenvalue weighted by Crippen LogP contribution is -2.41. The Kier molecular flexibility index (Phi) is 6.84. The van der Waals surface area contributed by atoms with E-state index in [1.54, 1.807) is 19.1 Å². The van der Waals surface area contributed by atoms with Crippen LogP contribution in [0.5, 0.6) is 0 Å². The number of amides is 1. The largest absolute Gasteiger partial charge is 0.462 e. The molecule has 22 heavy (non-hydrogen) atoms. The summed E-state index contributed by atoms with van der Waals surface area (Å²) >= 11 is 5.20. The van der Waals surface area contributed by atoms with Crippen LogP contribution in [0.1, 0.15) is 13.8 Å². The molecular formula is C14H18N4O3S. The van der Waals surface area contributed by atoms with Crippen molar-refractivity contribution in [2.75, 3.05) is 11.9 Å².